The van der Waals surface area contributed by atoms with Crippen molar-refractivity contribution < 1.29 is 24.0 Å². The van der Waals surface area contributed by atoms with E-state index in [2.05, 4.69) is 0 Å². The van der Waals surface area contributed by atoms with Crippen LogP contribution in [-0.4, -0.2) is 52.5 Å². The Kier molecular flexibility index (Phi) is 6.83. The fourth-order valence-electron chi connectivity index (χ4n) is 2.58. The van der Waals surface area contributed by atoms with E-state index < -0.39 is 29.0 Å². The quantitative estimate of drug-likeness (QED) is 0.538. The molecule has 1 saturated heterocycles. The first-order valence-corrected chi connectivity index (χ1v) is 9.66. The van der Waals surface area contributed by atoms with Crippen molar-refractivity contribution in [3.63, 3.8) is 0 Å². The molecule has 0 atom stereocenters. The molecule has 1 heterocycles. The van der Waals surface area contributed by atoms with Gasteiger partial charge in [0.25, 0.3) is 5.91 Å². The first-order valence-electron chi connectivity index (χ1n) is 8.75. The fraction of sp³-hybridized carbons (Fsp3) is 0.526. The third-order valence-electron chi connectivity index (χ3n) is 4.05. The van der Waals surface area contributed by atoms with Gasteiger partial charge >= 0.3 is 12.1 Å². The highest BCUT2D eigenvalue weighted by molar-refractivity contribution is 6.30. The second-order valence-corrected chi connectivity index (χ2v) is 8.67. The molecule has 0 aliphatic carbocycles. The number of rotatable bonds is 4. The average molecular weight is 431 g/mol. The predicted octanol–water partition coefficient (Wildman–Crippen LogP) is 3.62. The van der Waals surface area contributed by atoms with Gasteiger partial charge in [0, 0.05) is 18.1 Å². The Bertz CT molecular complexity index is 740. The van der Waals surface area contributed by atoms with Crippen LogP contribution in [0.5, 0.6) is 0 Å². The Labute approximate surface area is 174 Å². The molecule has 1 aliphatic rings. The van der Waals surface area contributed by atoms with E-state index in [1.807, 2.05) is 0 Å². The summed E-state index contributed by atoms with van der Waals surface area (Å²) in [5.41, 5.74) is -0.821. The van der Waals surface area contributed by atoms with Gasteiger partial charge < -0.3 is 14.5 Å². The molecule has 0 radical (unpaired) electrons. The number of amides is 2. The zero-order valence-electron chi connectivity index (χ0n) is 16.3. The normalized spacial score (nSPS) is 15.4. The van der Waals surface area contributed by atoms with E-state index in [0.29, 0.717) is 5.02 Å². The predicted molar refractivity (Wildman–Crippen MR) is 105 cm³/mol. The molecule has 7 nitrogen and oxygen atoms in total. The minimum absolute atomic E-state index is 0.0420. The largest absolute Gasteiger partial charge is 0.444 e. The van der Waals surface area contributed by atoms with Crippen molar-refractivity contribution in [2.45, 2.75) is 39.8 Å². The molecule has 0 bridgehead atoms. The van der Waals surface area contributed by atoms with E-state index >= 15 is 0 Å². The topological polar surface area (TPSA) is 76.2 Å². The number of nitrogens with zero attached hydrogens (tertiary/aromatic N) is 2. The molecule has 2 amide bonds. The Balaban J connectivity index is 1.98. The van der Waals surface area contributed by atoms with Gasteiger partial charge in [0.15, 0.2) is 0 Å². The Morgan fingerprint density at radius 2 is 1.75 bits per heavy atom. The van der Waals surface area contributed by atoms with Crippen molar-refractivity contribution in [3.05, 3.63) is 34.9 Å². The van der Waals surface area contributed by atoms with Crippen LogP contribution in [-0.2, 0) is 25.7 Å². The monoisotopic (exact) mass is 430 g/mol. The Morgan fingerprint density at radius 3 is 2.25 bits per heavy atom. The summed E-state index contributed by atoms with van der Waals surface area (Å²) in [5.74, 6) is -1.49. The molecule has 1 aromatic carbocycles. The minimum Gasteiger partial charge on any atom is -0.444 e. The fourth-order valence-corrected chi connectivity index (χ4v) is 2.84. The summed E-state index contributed by atoms with van der Waals surface area (Å²) in [6.07, 6.45) is -0.493. The van der Waals surface area contributed by atoms with E-state index in [0.717, 1.165) is 10.6 Å². The number of likely N-dealkylation sites (tertiary alicyclic amines) is 1. The molecule has 0 saturated carbocycles. The molecule has 1 aromatic rings. The van der Waals surface area contributed by atoms with Crippen molar-refractivity contribution in [1.82, 2.24) is 9.96 Å². The molecule has 0 aromatic heterocycles. The summed E-state index contributed by atoms with van der Waals surface area (Å²) < 4.78 is 5.28. The molecule has 0 N–H and O–H groups in total. The van der Waals surface area contributed by atoms with Crippen molar-refractivity contribution in [2.75, 3.05) is 19.0 Å². The number of benzene rings is 1. The lowest BCUT2D eigenvalue weighted by Crippen LogP contribution is -2.62. The third-order valence-corrected chi connectivity index (χ3v) is 4.53. The second-order valence-electron chi connectivity index (χ2n) is 7.97. The summed E-state index contributed by atoms with van der Waals surface area (Å²) >= 11 is 11.5. The summed E-state index contributed by atoms with van der Waals surface area (Å²) in [5, 5.41) is 1.49. The summed E-state index contributed by atoms with van der Waals surface area (Å²) in [6.45, 7) is 7.30. The molecular weight excluding hydrogens is 407 g/mol. The maximum atomic E-state index is 12.6. The summed E-state index contributed by atoms with van der Waals surface area (Å²) in [4.78, 5) is 43.5. The first-order chi connectivity index (χ1) is 12.9. The summed E-state index contributed by atoms with van der Waals surface area (Å²) in [6, 6.07) is 6.79. The van der Waals surface area contributed by atoms with Crippen molar-refractivity contribution >= 4 is 41.2 Å². The van der Waals surface area contributed by atoms with Crippen LogP contribution in [0, 0.1) is 5.41 Å². The van der Waals surface area contributed by atoms with Gasteiger partial charge in [0.05, 0.1) is 6.54 Å². The molecule has 0 unspecified atom stereocenters. The van der Waals surface area contributed by atoms with Crippen LogP contribution in [0.2, 0.25) is 5.02 Å². The molecule has 1 aliphatic heterocycles. The van der Waals surface area contributed by atoms with E-state index in [-0.39, 0.29) is 25.5 Å². The lowest BCUT2D eigenvalue weighted by Gasteiger charge is -2.45. The number of carbonyl (C=O) groups excluding carboxylic acids is 3. The third kappa shape index (κ3) is 5.75. The van der Waals surface area contributed by atoms with Crippen LogP contribution in [0.4, 0.5) is 4.79 Å². The smallest absolute Gasteiger partial charge is 0.410 e. The molecule has 0 spiro atoms. The van der Waals surface area contributed by atoms with Gasteiger partial charge in [-0.2, -0.15) is 5.06 Å². The van der Waals surface area contributed by atoms with Crippen LogP contribution in [0.25, 0.3) is 0 Å². The average Bonchev–Trinajstić information content (AvgIpc) is 2.57. The van der Waals surface area contributed by atoms with Crippen LogP contribution in [0.15, 0.2) is 24.3 Å². The van der Waals surface area contributed by atoms with E-state index in [4.69, 9.17) is 32.8 Å². The Morgan fingerprint density at radius 1 is 1.18 bits per heavy atom. The highest BCUT2D eigenvalue weighted by Gasteiger charge is 2.50. The number of hydrogen-bond acceptors (Lipinski definition) is 5. The molecular formula is C19H24Cl2N2O5. The lowest BCUT2D eigenvalue weighted by molar-refractivity contribution is -0.214. The van der Waals surface area contributed by atoms with E-state index in [1.54, 1.807) is 52.0 Å². The number of hydrogen-bond donors (Lipinski definition) is 0. The van der Waals surface area contributed by atoms with Crippen LogP contribution in [0.3, 0.4) is 0 Å². The number of halogens is 2. The molecule has 2 rings (SSSR count). The van der Waals surface area contributed by atoms with Gasteiger partial charge in [-0.3, -0.25) is 4.79 Å². The van der Waals surface area contributed by atoms with Gasteiger partial charge in [0.1, 0.15) is 16.9 Å². The maximum Gasteiger partial charge on any atom is 0.410 e. The molecule has 154 valence electrons. The van der Waals surface area contributed by atoms with Gasteiger partial charge in [-0.1, -0.05) is 23.7 Å². The molecule has 9 heteroatoms. The van der Waals surface area contributed by atoms with Gasteiger partial charge in [-0.25, -0.2) is 9.59 Å². The van der Waals surface area contributed by atoms with Crippen molar-refractivity contribution in [2.24, 2.45) is 5.41 Å². The van der Waals surface area contributed by atoms with Crippen LogP contribution < -0.4 is 0 Å². The Hall–Kier alpha value is -1.99. The highest BCUT2D eigenvalue weighted by atomic mass is 35.5. The van der Waals surface area contributed by atoms with Gasteiger partial charge in [-0.15, -0.1) is 11.6 Å². The van der Waals surface area contributed by atoms with E-state index in [9.17, 15) is 14.4 Å². The number of ether oxygens (including phenoxy) is 1. The SMILES string of the molecule is CC(C)(C)OC(=O)N1CC(C)(C(=O)ON(Cc2ccc(Cl)cc2)C(=O)CCl)C1. The highest BCUT2D eigenvalue weighted by Crippen LogP contribution is 2.33. The van der Waals surface area contributed by atoms with Crippen LogP contribution >= 0.6 is 23.2 Å². The number of carbonyl (C=O) groups is 3. The minimum atomic E-state index is -0.929. The van der Waals surface area contributed by atoms with Gasteiger partial charge in [-0.05, 0) is 45.4 Å². The first kappa shape index (κ1) is 22.3. The number of hydroxylamine groups is 2. The van der Waals surface area contributed by atoms with Crippen LogP contribution in [0.1, 0.15) is 33.3 Å². The van der Waals surface area contributed by atoms with Crippen molar-refractivity contribution in [1.29, 1.82) is 0 Å². The zero-order valence-corrected chi connectivity index (χ0v) is 17.8. The van der Waals surface area contributed by atoms with E-state index in [1.165, 1.54) is 4.90 Å². The standard InChI is InChI=1S/C19H24Cl2N2O5/c1-18(2,3)27-17(26)22-11-19(4,12-22)16(25)28-23(15(24)9-20)10-13-5-7-14(21)8-6-13/h5-8H,9-12H2,1-4H3. The zero-order chi connectivity index (χ0) is 21.1. The molecule has 28 heavy (non-hydrogen) atoms. The van der Waals surface area contributed by atoms with Crippen molar-refractivity contribution in [3.8, 4) is 0 Å². The lowest BCUT2D eigenvalue weighted by atomic mass is 9.82. The summed E-state index contributed by atoms with van der Waals surface area (Å²) in [7, 11) is 0. The number of alkyl halides is 1. The maximum absolute atomic E-state index is 12.6. The van der Waals surface area contributed by atoms with Gasteiger partial charge in [0.2, 0.25) is 0 Å². The molecule has 1 fully saturated rings. The second kappa shape index (κ2) is 8.57.